The highest BCUT2D eigenvalue weighted by molar-refractivity contribution is 6.09. The number of benzene rings is 2. The summed E-state index contributed by atoms with van der Waals surface area (Å²) < 4.78 is 24.5. The van der Waals surface area contributed by atoms with E-state index in [1.807, 2.05) is 32.0 Å². The van der Waals surface area contributed by atoms with Crippen LogP contribution in [0.1, 0.15) is 38.3 Å². The van der Waals surface area contributed by atoms with E-state index < -0.39 is 35.7 Å². The van der Waals surface area contributed by atoms with Gasteiger partial charge in [-0.25, -0.2) is 9.18 Å². The van der Waals surface area contributed by atoms with Gasteiger partial charge in [0.1, 0.15) is 17.9 Å². The monoisotopic (exact) mass is 471 g/mol. The van der Waals surface area contributed by atoms with E-state index in [1.54, 1.807) is 6.92 Å². The van der Waals surface area contributed by atoms with Crippen LogP contribution in [-0.4, -0.2) is 49.0 Å². The van der Waals surface area contributed by atoms with Crippen molar-refractivity contribution in [3.63, 3.8) is 0 Å². The number of rotatable bonds is 11. The summed E-state index contributed by atoms with van der Waals surface area (Å²) in [5.74, 6) is -0.121. The van der Waals surface area contributed by atoms with E-state index in [0.717, 1.165) is 10.5 Å². The van der Waals surface area contributed by atoms with Crippen molar-refractivity contribution in [2.24, 2.45) is 0 Å². The molecule has 1 unspecified atom stereocenters. The van der Waals surface area contributed by atoms with Crippen molar-refractivity contribution in [1.82, 2.24) is 15.5 Å². The normalized spacial score (nSPS) is 17.5. The van der Waals surface area contributed by atoms with Crippen LogP contribution in [0, 0.1) is 5.82 Å². The number of carbonyl (C=O) groups excluding carboxylic acids is 3. The number of imide groups is 1. The van der Waals surface area contributed by atoms with Gasteiger partial charge < -0.3 is 20.1 Å². The molecule has 0 saturated carbocycles. The van der Waals surface area contributed by atoms with Crippen LogP contribution in [0.2, 0.25) is 0 Å². The Morgan fingerprint density at radius 3 is 2.35 bits per heavy atom. The maximum Gasteiger partial charge on any atom is 0.325 e. The molecule has 8 nitrogen and oxygen atoms in total. The Morgan fingerprint density at radius 1 is 1.03 bits per heavy atom. The van der Waals surface area contributed by atoms with Gasteiger partial charge in [-0.3, -0.25) is 14.5 Å². The molecule has 2 aromatic rings. The summed E-state index contributed by atoms with van der Waals surface area (Å²) in [7, 11) is 0. The summed E-state index contributed by atoms with van der Waals surface area (Å²) in [6.07, 6.45) is 0.800. The molecule has 0 radical (unpaired) electrons. The molecule has 0 bridgehead atoms. The first-order valence-electron chi connectivity index (χ1n) is 11.4. The number of nitrogens with zero attached hydrogens (tertiary/aromatic N) is 1. The predicted octanol–water partition coefficient (Wildman–Crippen LogP) is 3.14. The first-order valence-corrected chi connectivity index (χ1v) is 11.4. The number of nitrogens with one attached hydrogen (secondary N) is 2. The quantitative estimate of drug-likeness (QED) is 0.491. The van der Waals surface area contributed by atoms with Gasteiger partial charge in [0.25, 0.3) is 5.91 Å². The van der Waals surface area contributed by atoms with Crippen molar-refractivity contribution in [2.45, 2.75) is 39.2 Å². The lowest BCUT2D eigenvalue weighted by Crippen LogP contribution is -2.45. The van der Waals surface area contributed by atoms with Crippen LogP contribution in [0.15, 0.2) is 42.5 Å². The average Bonchev–Trinajstić information content (AvgIpc) is 3.06. The Labute approximate surface area is 198 Å². The highest BCUT2D eigenvalue weighted by Gasteiger charge is 2.51. The Balaban J connectivity index is 1.60. The van der Waals surface area contributed by atoms with Gasteiger partial charge in [-0.05, 0) is 62.1 Å². The van der Waals surface area contributed by atoms with Crippen molar-refractivity contribution in [3.8, 4) is 11.5 Å². The van der Waals surface area contributed by atoms with Crippen LogP contribution in [-0.2, 0) is 21.5 Å². The van der Waals surface area contributed by atoms with Crippen molar-refractivity contribution < 1.29 is 28.2 Å². The zero-order valence-electron chi connectivity index (χ0n) is 19.7. The van der Waals surface area contributed by atoms with Crippen molar-refractivity contribution >= 4 is 17.8 Å². The minimum absolute atomic E-state index is 0.265. The van der Waals surface area contributed by atoms with Gasteiger partial charge in [0.05, 0.1) is 13.2 Å². The molecular weight excluding hydrogens is 441 g/mol. The second-order valence-electron chi connectivity index (χ2n) is 7.83. The third-order valence-corrected chi connectivity index (χ3v) is 5.69. The standard InChI is InChI=1S/C25H30FN3O5/c1-4-25(18-8-10-19(26)11-9-18)23(31)29(24(32)28-25)16-22(30)27-14-13-17-7-12-20(33-5-2)21(15-17)34-6-3/h7-12,15H,4-6,13-14,16H2,1-3H3,(H,27,30)(H,28,32). The predicted molar refractivity (Wildman–Crippen MR) is 124 cm³/mol. The first-order chi connectivity index (χ1) is 16.3. The minimum atomic E-state index is -1.32. The molecule has 1 atom stereocenters. The molecule has 1 fully saturated rings. The third kappa shape index (κ3) is 5.30. The summed E-state index contributed by atoms with van der Waals surface area (Å²) >= 11 is 0. The Kier molecular flexibility index (Phi) is 8.09. The van der Waals surface area contributed by atoms with Crippen LogP contribution >= 0.6 is 0 Å². The second kappa shape index (κ2) is 11.0. The zero-order valence-corrected chi connectivity index (χ0v) is 19.7. The Bertz CT molecular complexity index is 1040. The SMILES string of the molecule is CCOc1ccc(CCNC(=O)CN2C(=O)NC(CC)(c3ccc(F)cc3)C2=O)cc1OCC. The van der Waals surface area contributed by atoms with Gasteiger partial charge in [0.2, 0.25) is 5.91 Å². The number of halogens is 1. The molecule has 1 aliphatic rings. The number of hydrogen-bond acceptors (Lipinski definition) is 5. The van der Waals surface area contributed by atoms with Crippen LogP contribution in [0.5, 0.6) is 11.5 Å². The molecule has 2 aromatic carbocycles. The first kappa shape index (κ1) is 25.0. The lowest BCUT2D eigenvalue weighted by molar-refractivity contribution is -0.135. The van der Waals surface area contributed by atoms with E-state index in [1.165, 1.54) is 24.3 Å². The van der Waals surface area contributed by atoms with E-state index in [0.29, 0.717) is 43.2 Å². The summed E-state index contributed by atoms with van der Waals surface area (Å²) in [4.78, 5) is 39.0. The van der Waals surface area contributed by atoms with E-state index in [2.05, 4.69) is 10.6 Å². The van der Waals surface area contributed by atoms with E-state index in [9.17, 15) is 18.8 Å². The van der Waals surface area contributed by atoms with Crippen molar-refractivity contribution in [2.75, 3.05) is 26.3 Å². The van der Waals surface area contributed by atoms with E-state index in [-0.39, 0.29) is 6.42 Å². The van der Waals surface area contributed by atoms with Gasteiger partial charge in [0.15, 0.2) is 11.5 Å². The lowest BCUT2D eigenvalue weighted by atomic mass is 9.87. The summed E-state index contributed by atoms with van der Waals surface area (Å²) in [6, 6.07) is 10.4. The number of hydrogen-bond donors (Lipinski definition) is 2. The maximum atomic E-state index is 13.3. The number of urea groups is 1. The number of ether oxygens (including phenoxy) is 2. The highest BCUT2D eigenvalue weighted by Crippen LogP contribution is 2.32. The molecule has 9 heteroatoms. The molecule has 34 heavy (non-hydrogen) atoms. The second-order valence-corrected chi connectivity index (χ2v) is 7.83. The molecule has 1 aliphatic heterocycles. The third-order valence-electron chi connectivity index (χ3n) is 5.69. The molecule has 0 aliphatic carbocycles. The van der Waals surface area contributed by atoms with Crippen molar-refractivity contribution in [3.05, 3.63) is 59.4 Å². The summed E-state index contributed by atoms with van der Waals surface area (Å²) in [6.45, 7) is 6.48. The van der Waals surface area contributed by atoms with Crippen molar-refractivity contribution in [1.29, 1.82) is 0 Å². The molecule has 1 heterocycles. The van der Waals surface area contributed by atoms with Gasteiger partial charge in [-0.2, -0.15) is 0 Å². The average molecular weight is 472 g/mol. The van der Waals surface area contributed by atoms with Crippen LogP contribution in [0.25, 0.3) is 0 Å². The molecule has 0 spiro atoms. The highest BCUT2D eigenvalue weighted by atomic mass is 19.1. The molecular formula is C25H30FN3O5. The maximum absolute atomic E-state index is 13.3. The van der Waals surface area contributed by atoms with Gasteiger partial charge in [-0.15, -0.1) is 0 Å². The molecule has 2 N–H and O–H groups in total. The zero-order chi connectivity index (χ0) is 24.7. The minimum Gasteiger partial charge on any atom is -0.490 e. The summed E-state index contributed by atoms with van der Waals surface area (Å²) in [5.41, 5.74) is 0.102. The molecule has 1 saturated heterocycles. The van der Waals surface area contributed by atoms with E-state index in [4.69, 9.17) is 9.47 Å². The summed E-state index contributed by atoms with van der Waals surface area (Å²) in [5, 5.41) is 5.43. The van der Waals surface area contributed by atoms with Crippen LogP contribution < -0.4 is 20.1 Å². The Hall–Kier alpha value is -3.62. The molecule has 4 amide bonds. The van der Waals surface area contributed by atoms with Crippen LogP contribution in [0.4, 0.5) is 9.18 Å². The number of amides is 4. The smallest absolute Gasteiger partial charge is 0.325 e. The molecule has 182 valence electrons. The fourth-order valence-corrected chi connectivity index (χ4v) is 3.94. The largest absolute Gasteiger partial charge is 0.490 e. The fourth-order valence-electron chi connectivity index (χ4n) is 3.94. The van der Waals surface area contributed by atoms with Crippen LogP contribution in [0.3, 0.4) is 0 Å². The van der Waals surface area contributed by atoms with Gasteiger partial charge in [-0.1, -0.05) is 25.1 Å². The molecule has 0 aromatic heterocycles. The van der Waals surface area contributed by atoms with Gasteiger partial charge in [0, 0.05) is 6.54 Å². The van der Waals surface area contributed by atoms with E-state index >= 15 is 0 Å². The number of carbonyl (C=O) groups is 3. The lowest BCUT2D eigenvalue weighted by Gasteiger charge is -2.25. The Morgan fingerprint density at radius 2 is 1.71 bits per heavy atom. The molecule has 3 rings (SSSR count). The fraction of sp³-hybridized carbons (Fsp3) is 0.400. The topological polar surface area (TPSA) is 97.0 Å². The van der Waals surface area contributed by atoms with Gasteiger partial charge >= 0.3 is 6.03 Å².